The normalized spacial score (nSPS) is 10.0. The average Bonchev–Trinajstić information content (AvgIpc) is 3.15. The van der Waals surface area contributed by atoms with Gasteiger partial charge in [-0.25, -0.2) is 0 Å². The molecular formula is C16H14Cl2N4O4S. The van der Waals surface area contributed by atoms with Gasteiger partial charge in [0.1, 0.15) is 0 Å². The Morgan fingerprint density at radius 3 is 2.44 bits per heavy atom. The van der Waals surface area contributed by atoms with E-state index >= 15 is 0 Å². The molecule has 11 heteroatoms. The van der Waals surface area contributed by atoms with Crippen molar-refractivity contribution in [2.75, 3.05) is 5.32 Å². The standard InChI is InChI=1S/C16H14Cl2N4O4S/c17-9-3-4-11(10(18)8-9)19-13(23)5-6-14(24)21-22-16(27)20-15(25)12-2-1-7-26-12/h1-4,7-8H,5-6H2,(H,19,23)(H,21,24)(H2,20,22,25,27). The van der Waals surface area contributed by atoms with Crippen molar-refractivity contribution in [3.63, 3.8) is 0 Å². The molecule has 2 rings (SSSR count). The predicted octanol–water partition coefficient (Wildman–Crippen LogP) is 2.64. The second-order valence-electron chi connectivity index (χ2n) is 5.11. The Labute approximate surface area is 169 Å². The number of anilines is 1. The lowest BCUT2D eigenvalue weighted by Crippen LogP contribution is -2.48. The van der Waals surface area contributed by atoms with Gasteiger partial charge < -0.3 is 9.73 Å². The van der Waals surface area contributed by atoms with Crippen LogP contribution in [0.4, 0.5) is 5.69 Å². The van der Waals surface area contributed by atoms with Gasteiger partial charge in [-0.15, -0.1) is 0 Å². The van der Waals surface area contributed by atoms with Gasteiger partial charge in [0.05, 0.1) is 17.0 Å². The molecule has 27 heavy (non-hydrogen) atoms. The first-order valence-electron chi connectivity index (χ1n) is 7.53. The summed E-state index contributed by atoms with van der Waals surface area (Å²) >= 11 is 16.6. The van der Waals surface area contributed by atoms with Crippen LogP contribution in [0.1, 0.15) is 23.4 Å². The van der Waals surface area contributed by atoms with Crippen LogP contribution in [0.2, 0.25) is 10.0 Å². The highest BCUT2D eigenvalue weighted by molar-refractivity contribution is 7.80. The topological polar surface area (TPSA) is 112 Å². The number of hydrogen-bond acceptors (Lipinski definition) is 5. The van der Waals surface area contributed by atoms with Gasteiger partial charge in [-0.3, -0.25) is 30.6 Å². The number of thiocarbonyl (C=S) groups is 1. The number of furan rings is 1. The lowest BCUT2D eigenvalue weighted by Gasteiger charge is -2.10. The molecule has 0 aliphatic rings. The van der Waals surface area contributed by atoms with Gasteiger partial charge in [0.2, 0.25) is 11.8 Å². The van der Waals surface area contributed by atoms with E-state index in [4.69, 9.17) is 39.8 Å². The van der Waals surface area contributed by atoms with Crippen molar-refractivity contribution >= 4 is 63.9 Å². The van der Waals surface area contributed by atoms with Crippen molar-refractivity contribution in [2.24, 2.45) is 0 Å². The zero-order chi connectivity index (χ0) is 19.8. The Hall–Kier alpha value is -2.62. The summed E-state index contributed by atoms with van der Waals surface area (Å²) < 4.78 is 4.90. The van der Waals surface area contributed by atoms with Crippen LogP contribution in [0.3, 0.4) is 0 Å². The summed E-state index contributed by atoms with van der Waals surface area (Å²) in [5.74, 6) is -1.39. The van der Waals surface area contributed by atoms with Gasteiger partial charge >= 0.3 is 0 Å². The Kier molecular flexibility index (Phi) is 7.59. The Morgan fingerprint density at radius 1 is 1.04 bits per heavy atom. The number of benzene rings is 1. The van der Waals surface area contributed by atoms with Crippen molar-refractivity contribution in [2.45, 2.75) is 12.8 Å². The highest BCUT2D eigenvalue weighted by atomic mass is 35.5. The fourth-order valence-electron chi connectivity index (χ4n) is 1.82. The van der Waals surface area contributed by atoms with Gasteiger partial charge in [0.15, 0.2) is 10.9 Å². The summed E-state index contributed by atoms with van der Waals surface area (Å²) in [6.45, 7) is 0. The molecule has 0 aliphatic carbocycles. The summed E-state index contributed by atoms with van der Waals surface area (Å²) in [4.78, 5) is 35.3. The maximum atomic E-state index is 11.9. The van der Waals surface area contributed by atoms with Crippen molar-refractivity contribution < 1.29 is 18.8 Å². The minimum absolute atomic E-state index is 0.0722. The SMILES string of the molecule is O=C(CCC(=O)Nc1ccc(Cl)cc1Cl)NNC(=S)NC(=O)c1ccco1. The number of hydrazine groups is 1. The van der Waals surface area contributed by atoms with Crippen molar-refractivity contribution in [1.82, 2.24) is 16.2 Å². The maximum absolute atomic E-state index is 11.9. The Balaban J connectivity index is 1.68. The second-order valence-corrected chi connectivity index (χ2v) is 6.36. The highest BCUT2D eigenvalue weighted by Gasteiger charge is 2.12. The zero-order valence-electron chi connectivity index (χ0n) is 13.7. The first-order valence-corrected chi connectivity index (χ1v) is 8.70. The van der Waals surface area contributed by atoms with E-state index in [1.165, 1.54) is 18.4 Å². The molecule has 0 radical (unpaired) electrons. The van der Waals surface area contributed by atoms with E-state index in [1.807, 2.05) is 0 Å². The van der Waals surface area contributed by atoms with E-state index in [0.29, 0.717) is 15.7 Å². The summed E-state index contributed by atoms with van der Waals surface area (Å²) in [6, 6.07) is 7.65. The van der Waals surface area contributed by atoms with Crippen LogP contribution in [0.25, 0.3) is 0 Å². The Bertz CT molecular complexity index is 858. The molecule has 0 unspecified atom stereocenters. The summed E-state index contributed by atoms with van der Waals surface area (Å²) in [5, 5.41) is 5.50. The monoisotopic (exact) mass is 428 g/mol. The first kappa shape index (κ1) is 20.7. The van der Waals surface area contributed by atoms with E-state index < -0.39 is 17.7 Å². The van der Waals surface area contributed by atoms with Crippen molar-refractivity contribution in [1.29, 1.82) is 0 Å². The van der Waals surface area contributed by atoms with E-state index in [-0.39, 0.29) is 23.7 Å². The molecule has 142 valence electrons. The Morgan fingerprint density at radius 2 is 1.78 bits per heavy atom. The van der Waals surface area contributed by atoms with Crippen LogP contribution in [-0.2, 0) is 9.59 Å². The molecule has 0 aliphatic heterocycles. The fourth-order valence-corrected chi connectivity index (χ4v) is 2.42. The molecule has 0 saturated heterocycles. The van der Waals surface area contributed by atoms with Gasteiger partial charge in [-0.05, 0) is 42.5 Å². The van der Waals surface area contributed by atoms with Crippen molar-refractivity contribution in [3.8, 4) is 0 Å². The third kappa shape index (κ3) is 6.89. The average molecular weight is 429 g/mol. The zero-order valence-corrected chi connectivity index (χ0v) is 16.0. The van der Waals surface area contributed by atoms with E-state index in [1.54, 1.807) is 18.2 Å². The quantitative estimate of drug-likeness (QED) is 0.430. The van der Waals surface area contributed by atoms with Crippen LogP contribution in [0, 0.1) is 0 Å². The minimum Gasteiger partial charge on any atom is -0.459 e. The summed E-state index contributed by atoms with van der Waals surface area (Å²) in [7, 11) is 0. The summed E-state index contributed by atoms with van der Waals surface area (Å²) in [6.07, 6.45) is 1.15. The third-order valence-corrected chi connectivity index (χ3v) is 3.82. The number of amides is 3. The number of carbonyl (C=O) groups is 3. The molecule has 0 bridgehead atoms. The van der Waals surface area contributed by atoms with Gasteiger partial charge in [-0.1, -0.05) is 23.2 Å². The van der Waals surface area contributed by atoms with Crippen molar-refractivity contribution in [3.05, 3.63) is 52.4 Å². The number of rotatable bonds is 5. The third-order valence-electron chi connectivity index (χ3n) is 3.07. The van der Waals surface area contributed by atoms with Crippen LogP contribution >= 0.6 is 35.4 Å². The van der Waals surface area contributed by atoms with Crippen LogP contribution in [0.5, 0.6) is 0 Å². The van der Waals surface area contributed by atoms with Crippen LogP contribution in [0.15, 0.2) is 41.0 Å². The minimum atomic E-state index is -0.564. The predicted molar refractivity (Wildman–Crippen MR) is 104 cm³/mol. The molecule has 8 nitrogen and oxygen atoms in total. The molecule has 0 saturated carbocycles. The lowest BCUT2D eigenvalue weighted by atomic mass is 10.2. The van der Waals surface area contributed by atoms with Crippen LogP contribution in [-0.4, -0.2) is 22.8 Å². The van der Waals surface area contributed by atoms with Crippen LogP contribution < -0.4 is 21.5 Å². The first-order chi connectivity index (χ1) is 12.8. The van der Waals surface area contributed by atoms with E-state index in [2.05, 4.69) is 21.5 Å². The molecule has 3 amide bonds. The molecule has 1 heterocycles. The maximum Gasteiger partial charge on any atom is 0.293 e. The number of hydrogen-bond donors (Lipinski definition) is 4. The number of nitrogens with one attached hydrogen (secondary N) is 4. The molecule has 1 aromatic carbocycles. The van der Waals surface area contributed by atoms with Gasteiger partial charge in [-0.2, -0.15) is 0 Å². The second kappa shape index (κ2) is 9.91. The molecular weight excluding hydrogens is 415 g/mol. The molecule has 1 aromatic heterocycles. The van der Waals surface area contributed by atoms with Gasteiger partial charge in [0, 0.05) is 17.9 Å². The lowest BCUT2D eigenvalue weighted by molar-refractivity contribution is -0.124. The molecule has 2 aromatic rings. The molecule has 4 N–H and O–H groups in total. The fraction of sp³-hybridized carbons (Fsp3) is 0.125. The molecule has 0 spiro atoms. The van der Waals surface area contributed by atoms with Gasteiger partial charge in [0.25, 0.3) is 5.91 Å². The summed E-state index contributed by atoms with van der Waals surface area (Å²) in [5.41, 5.74) is 5.02. The highest BCUT2D eigenvalue weighted by Crippen LogP contribution is 2.25. The molecule has 0 fully saturated rings. The number of carbonyl (C=O) groups excluding carboxylic acids is 3. The smallest absolute Gasteiger partial charge is 0.293 e. The number of halogens is 2. The van der Waals surface area contributed by atoms with E-state index in [9.17, 15) is 14.4 Å². The van der Waals surface area contributed by atoms with E-state index in [0.717, 1.165) is 0 Å². The molecule has 0 atom stereocenters. The largest absolute Gasteiger partial charge is 0.459 e.